The first kappa shape index (κ1) is 23.1. The molecular weight excluding hydrogens is 360 g/mol. The van der Waals surface area contributed by atoms with E-state index in [1.165, 1.54) is 16.7 Å². The monoisotopic (exact) mass is 396 g/mol. The van der Waals surface area contributed by atoms with E-state index in [-0.39, 0.29) is 10.6 Å². The van der Waals surface area contributed by atoms with Crippen molar-refractivity contribution in [2.75, 3.05) is 27.2 Å². The smallest absolute Gasteiger partial charge is 0.254 e. The van der Waals surface area contributed by atoms with E-state index in [4.69, 9.17) is 0 Å². The van der Waals surface area contributed by atoms with Gasteiger partial charge in [-0.25, -0.2) is 0 Å². The highest BCUT2D eigenvalue weighted by atomic mass is 16.5. The maximum absolute atomic E-state index is 13.5. The zero-order valence-electron chi connectivity index (χ0n) is 19.1. The molecule has 0 radical (unpaired) electrons. The van der Waals surface area contributed by atoms with Crippen LogP contribution in [0.25, 0.3) is 0 Å². The third-order valence-electron chi connectivity index (χ3n) is 5.21. The molecule has 4 heteroatoms. The van der Waals surface area contributed by atoms with Crippen molar-refractivity contribution in [3.8, 4) is 0 Å². The van der Waals surface area contributed by atoms with E-state index in [1.54, 1.807) is 14.1 Å². The summed E-state index contributed by atoms with van der Waals surface area (Å²) in [5.41, 5.74) is 7.59. The third kappa shape index (κ3) is 6.98. The van der Waals surface area contributed by atoms with Crippen LogP contribution in [0.1, 0.15) is 56.6 Å². The fraction of sp³-hybridized carbons (Fsp3) is 0.480. The summed E-state index contributed by atoms with van der Waals surface area (Å²) < 4.78 is -0.290. The normalized spacial score (nSPS) is 11.6. The quantitative estimate of drug-likeness (QED) is 0.348. The fourth-order valence-corrected chi connectivity index (χ4v) is 4.10. The number of aryl methyl sites for hydroxylation is 5. The van der Waals surface area contributed by atoms with Gasteiger partial charge in [-0.05, 0) is 64.2 Å². The van der Waals surface area contributed by atoms with Gasteiger partial charge < -0.3 is 14.8 Å². The van der Waals surface area contributed by atoms with Gasteiger partial charge in [0.25, 0.3) is 5.91 Å². The van der Waals surface area contributed by atoms with E-state index in [0.717, 1.165) is 35.1 Å². The minimum Gasteiger partial charge on any atom is -0.633 e. The Balaban J connectivity index is 2.27. The first-order valence-corrected chi connectivity index (χ1v) is 10.4. The number of benzene rings is 2. The lowest BCUT2D eigenvalue weighted by molar-refractivity contribution is -0.840. The standard InChI is InChI=1S/C25H36N2O2/c1-18-12-19(2)16-23(15-18)17-26(10-8-9-11-27(6,7)29)25(28)24-21(4)13-20(3)14-22(24)5/h12-16H,8-11,17H2,1-7H3. The van der Waals surface area contributed by atoms with Gasteiger partial charge in [-0.2, -0.15) is 0 Å². The number of hydroxylamine groups is 3. The van der Waals surface area contributed by atoms with Gasteiger partial charge in [-0.15, -0.1) is 0 Å². The molecule has 0 aromatic heterocycles. The van der Waals surface area contributed by atoms with E-state index >= 15 is 0 Å². The van der Waals surface area contributed by atoms with Crippen LogP contribution in [0.5, 0.6) is 0 Å². The Bertz CT molecular complexity index is 822. The Kier molecular flexibility index (Phi) is 7.61. The maximum Gasteiger partial charge on any atom is 0.254 e. The number of rotatable bonds is 8. The summed E-state index contributed by atoms with van der Waals surface area (Å²) in [5.74, 6) is 0.0787. The highest BCUT2D eigenvalue weighted by Gasteiger charge is 2.20. The second-order valence-electron chi connectivity index (χ2n) is 9.00. The molecule has 1 amide bonds. The Hall–Kier alpha value is -2.17. The topological polar surface area (TPSA) is 43.4 Å². The molecule has 0 unspecified atom stereocenters. The van der Waals surface area contributed by atoms with E-state index in [2.05, 4.69) is 51.1 Å². The molecule has 0 heterocycles. The predicted octanol–water partition coefficient (Wildman–Crippen LogP) is 5.23. The molecule has 0 fully saturated rings. The Labute approximate surface area is 176 Å². The molecule has 0 aliphatic heterocycles. The number of carbonyl (C=O) groups excluding carboxylic acids is 1. The number of unbranched alkanes of at least 4 members (excludes halogenated alkanes) is 1. The van der Waals surface area contributed by atoms with Crippen LogP contribution in [0.4, 0.5) is 0 Å². The lowest BCUT2D eigenvalue weighted by Crippen LogP contribution is -2.35. The second-order valence-corrected chi connectivity index (χ2v) is 9.00. The van der Waals surface area contributed by atoms with Crippen LogP contribution in [0.15, 0.2) is 30.3 Å². The summed E-state index contributed by atoms with van der Waals surface area (Å²) in [6.45, 7) is 12.1. The first-order chi connectivity index (χ1) is 13.5. The van der Waals surface area contributed by atoms with Gasteiger partial charge in [-0.3, -0.25) is 4.79 Å². The molecule has 0 atom stereocenters. The Morgan fingerprint density at radius 2 is 1.38 bits per heavy atom. The summed E-state index contributed by atoms with van der Waals surface area (Å²) >= 11 is 0. The lowest BCUT2D eigenvalue weighted by Gasteiger charge is -2.34. The summed E-state index contributed by atoms with van der Waals surface area (Å²) in [5, 5.41) is 11.8. The van der Waals surface area contributed by atoms with Crippen molar-refractivity contribution in [3.05, 3.63) is 74.5 Å². The molecule has 0 saturated carbocycles. The first-order valence-electron chi connectivity index (χ1n) is 10.4. The van der Waals surface area contributed by atoms with Gasteiger partial charge in [-0.1, -0.05) is 47.0 Å². The zero-order chi connectivity index (χ0) is 21.8. The number of carbonyl (C=O) groups is 1. The van der Waals surface area contributed by atoms with Gasteiger partial charge in [0.1, 0.15) is 0 Å². The predicted molar refractivity (Wildman–Crippen MR) is 121 cm³/mol. The van der Waals surface area contributed by atoms with Crippen molar-refractivity contribution < 1.29 is 9.44 Å². The molecule has 2 aromatic rings. The molecule has 0 bridgehead atoms. The van der Waals surface area contributed by atoms with Gasteiger partial charge in [0, 0.05) is 18.7 Å². The number of quaternary nitrogens is 1. The van der Waals surface area contributed by atoms with Crippen molar-refractivity contribution >= 4 is 5.91 Å². The van der Waals surface area contributed by atoms with E-state index in [1.807, 2.05) is 18.7 Å². The number of hydrogen-bond donors (Lipinski definition) is 0. The summed E-state index contributed by atoms with van der Waals surface area (Å²) in [6.07, 6.45) is 1.63. The van der Waals surface area contributed by atoms with Gasteiger partial charge >= 0.3 is 0 Å². The summed E-state index contributed by atoms with van der Waals surface area (Å²) in [7, 11) is 3.33. The van der Waals surface area contributed by atoms with Crippen molar-refractivity contribution in [1.82, 2.24) is 4.90 Å². The minimum absolute atomic E-state index is 0.0787. The molecule has 0 aliphatic carbocycles. The second kappa shape index (κ2) is 9.55. The summed E-state index contributed by atoms with van der Waals surface area (Å²) in [6, 6.07) is 10.6. The molecule has 2 rings (SSSR count). The molecule has 0 saturated heterocycles. The molecule has 0 spiro atoms. The van der Waals surface area contributed by atoms with Crippen molar-refractivity contribution in [2.24, 2.45) is 0 Å². The molecular formula is C25H36N2O2. The number of amides is 1. The van der Waals surface area contributed by atoms with Crippen LogP contribution >= 0.6 is 0 Å². The average molecular weight is 397 g/mol. The van der Waals surface area contributed by atoms with Crippen molar-refractivity contribution in [1.29, 1.82) is 0 Å². The van der Waals surface area contributed by atoms with Gasteiger partial charge in [0.05, 0.1) is 20.6 Å². The summed E-state index contributed by atoms with van der Waals surface area (Å²) in [4.78, 5) is 15.5. The molecule has 0 aliphatic rings. The Morgan fingerprint density at radius 1 is 0.862 bits per heavy atom. The molecule has 2 aromatic carbocycles. The largest absolute Gasteiger partial charge is 0.633 e. The van der Waals surface area contributed by atoms with Crippen molar-refractivity contribution in [3.63, 3.8) is 0 Å². The van der Waals surface area contributed by atoms with E-state index in [9.17, 15) is 10.0 Å². The molecule has 4 nitrogen and oxygen atoms in total. The lowest BCUT2D eigenvalue weighted by atomic mass is 9.98. The van der Waals surface area contributed by atoms with Crippen LogP contribution in [0.2, 0.25) is 0 Å². The number of hydrogen-bond acceptors (Lipinski definition) is 2. The van der Waals surface area contributed by atoms with E-state index < -0.39 is 0 Å². The molecule has 0 N–H and O–H groups in total. The van der Waals surface area contributed by atoms with Crippen LogP contribution in [0, 0.1) is 39.8 Å². The average Bonchev–Trinajstić information content (AvgIpc) is 2.54. The molecule has 29 heavy (non-hydrogen) atoms. The highest BCUT2D eigenvalue weighted by Crippen LogP contribution is 2.21. The van der Waals surface area contributed by atoms with Crippen molar-refractivity contribution in [2.45, 2.75) is 54.0 Å². The SMILES string of the molecule is Cc1cc(C)cc(CN(CCCC[N+](C)(C)[O-])C(=O)c2c(C)cc(C)cc2C)c1. The number of nitrogens with zero attached hydrogens (tertiary/aromatic N) is 2. The van der Waals surface area contributed by atoms with Crippen LogP contribution < -0.4 is 0 Å². The van der Waals surface area contributed by atoms with Gasteiger partial charge in [0.2, 0.25) is 0 Å². The Morgan fingerprint density at radius 3 is 1.90 bits per heavy atom. The van der Waals surface area contributed by atoms with Crippen LogP contribution in [0.3, 0.4) is 0 Å². The van der Waals surface area contributed by atoms with Crippen LogP contribution in [-0.2, 0) is 6.54 Å². The third-order valence-corrected chi connectivity index (χ3v) is 5.21. The highest BCUT2D eigenvalue weighted by molar-refractivity contribution is 5.97. The van der Waals surface area contributed by atoms with E-state index in [0.29, 0.717) is 19.6 Å². The van der Waals surface area contributed by atoms with Crippen LogP contribution in [-0.4, -0.2) is 42.6 Å². The molecule has 158 valence electrons. The zero-order valence-corrected chi connectivity index (χ0v) is 19.1. The van der Waals surface area contributed by atoms with Gasteiger partial charge in [0.15, 0.2) is 0 Å². The minimum atomic E-state index is -0.290. The maximum atomic E-state index is 13.5. The fourth-order valence-electron chi connectivity index (χ4n) is 4.10.